The lowest BCUT2D eigenvalue weighted by molar-refractivity contribution is 0.597. The molecule has 3 rings (SSSR count). The molecule has 2 aromatic heterocycles. The maximum Gasteiger partial charge on any atom is 0.279 e. The summed E-state index contributed by atoms with van der Waals surface area (Å²) >= 11 is 3.16. The van der Waals surface area contributed by atoms with E-state index in [0.29, 0.717) is 15.8 Å². The maximum atomic E-state index is 12.4. The molecule has 0 aliphatic carbocycles. The Morgan fingerprint density at radius 3 is 2.57 bits per heavy atom. The van der Waals surface area contributed by atoms with Crippen molar-refractivity contribution in [3.8, 4) is 0 Å². The third-order valence-corrected chi connectivity index (χ3v) is 4.55. The molecule has 2 heterocycles. The van der Waals surface area contributed by atoms with Crippen molar-refractivity contribution in [1.29, 1.82) is 0 Å². The van der Waals surface area contributed by atoms with Crippen molar-refractivity contribution in [3.05, 3.63) is 59.3 Å². The minimum absolute atomic E-state index is 0.0511. The predicted molar refractivity (Wildman–Crippen MR) is 84.5 cm³/mol. The number of sulfonamides is 1. The summed E-state index contributed by atoms with van der Waals surface area (Å²) in [5, 5.41) is 0.810. The Morgan fingerprint density at radius 2 is 1.76 bits per heavy atom. The van der Waals surface area contributed by atoms with Gasteiger partial charge < -0.3 is 0 Å². The van der Waals surface area contributed by atoms with Gasteiger partial charge in [-0.05, 0) is 40.2 Å². The highest BCUT2D eigenvalue weighted by atomic mass is 79.9. The van der Waals surface area contributed by atoms with Crippen LogP contribution in [0.15, 0.2) is 64.4 Å². The number of fused-ring (bicyclic) bond motifs is 1. The summed E-state index contributed by atoms with van der Waals surface area (Å²) < 4.78 is 27.7. The van der Waals surface area contributed by atoms with Crippen LogP contribution in [0.25, 0.3) is 10.9 Å². The highest BCUT2D eigenvalue weighted by Gasteiger charge is 2.17. The fourth-order valence-electron chi connectivity index (χ4n) is 1.92. The van der Waals surface area contributed by atoms with Gasteiger partial charge in [0.2, 0.25) is 0 Å². The molecule has 0 fully saturated rings. The molecule has 0 aliphatic rings. The summed E-state index contributed by atoms with van der Waals surface area (Å²) in [6, 6.07) is 13.7. The maximum absolute atomic E-state index is 12.4. The number of benzene rings is 1. The van der Waals surface area contributed by atoms with Gasteiger partial charge in [-0.25, -0.2) is 4.98 Å². The van der Waals surface area contributed by atoms with Gasteiger partial charge in [-0.3, -0.25) is 9.71 Å². The summed E-state index contributed by atoms with van der Waals surface area (Å²) in [5.41, 5.74) is 1.02. The van der Waals surface area contributed by atoms with Crippen molar-refractivity contribution >= 4 is 42.5 Å². The molecule has 0 saturated carbocycles. The first kappa shape index (κ1) is 14.0. The van der Waals surface area contributed by atoms with Crippen LogP contribution in [0.4, 0.5) is 5.69 Å². The highest BCUT2D eigenvalue weighted by molar-refractivity contribution is 9.10. The van der Waals surface area contributed by atoms with E-state index >= 15 is 0 Å². The van der Waals surface area contributed by atoms with Gasteiger partial charge in [0.25, 0.3) is 10.0 Å². The number of halogens is 1. The fraction of sp³-hybridized carbons (Fsp3) is 0. The number of hydrogen-bond acceptors (Lipinski definition) is 4. The molecule has 0 atom stereocenters. The van der Waals surface area contributed by atoms with E-state index in [4.69, 9.17) is 0 Å². The zero-order valence-corrected chi connectivity index (χ0v) is 13.1. The van der Waals surface area contributed by atoms with E-state index in [-0.39, 0.29) is 5.03 Å². The predicted octanol–water partition coefficient (Wildman–Crippen LogP) is 3.19. The molecule has 1 N–H and O–H groups in total. The molecule has 0 spiro atoms. The lowest BCUT2D eigenvalue weighted by atomic mass is 10.2. The van der Waals surface area contributed by atoms with Crippen molar-refractivity contribution in [1.82, 2.24) is 9.97 Å². The third kappa shape index (κ3) is 2.88. The molecule has 3 aromatic rings. The van der Waals surface area contributed by atoms with E-state index in [9.17, 15) is 8.42 Å². The summed E-state index contributed by atoms with van der Waals surface area (Å²) in [6.07, 6.45) is 1.62. The lowest BCUT2D eigenvalue weighted by Crippen LogP contribution is -2.15. The number of para-hydroxylation sites is 1. The summed E-state index contributed by atoms with van der Waals surface area (Å²) in [6.45, 7) is 0. The smallest absolute Gasteiger partial charge is 0.276 e. The first-order valence-corrected chi connectivity index (χ1v) is 8.33. The van der Waals surface area contributed by atoms with Crippen molar-refractivity contribution in [2.75, 3.05) is 4.72 Å². The van der Waals surface area contributed by atoms with Crippen LogP contribution in [0.2, 0.25) is 0 Å². The van der Waals surface area contributed by atoms with Crippen molar-refractivity contribution in [2.45, 2.75) is 5.03 Å². The summed E-state index contributed by atoms with van der Waals surface area (Å²) in [5.74, 6) is 0. The number of hydrogen-bond donors (Lipinski definition) is 1. The molecule has 1 aromatic carbocycles. The molecule has 21 heavy (non-hydrogen) atoms. The minimum Gasteiger partial charge on any atom is -0.276 e. The fourth-order valence-corrected chi connectivity index (χ4v) is 3.42. The first-order chi connectivity index (χ1) is 10.1. The Balaban J connectivity index is 2.06. The van der Waals surface area contributed by atoms with Crippen LogP contribution in [0.5, 0.6) is 0 Å². The van der Waals surface area contributed by atoms with Crippen LogP contribution in [0.3, 0.4) is 0 Å². The van der Waals surface area contributed by atoms with Crippen LogP contribution in [0.1, 0.15) is 0 Å². The van der Waals surface area contributed by atoms with Crippen LogP contribution in [-0.2, 0) is 10.0 Å². The molecule has 7 heteroatoms. The lowest BCUT2D eigenvalue weighted by Gasteiger charge is -2.09. The van der Waals surface area contributed by atoms with E-state index in [0.717, 1.165) is 5.39 Å². The van der Waals surface area contributed by atoms with E-state index in [1.165, 1.54) is 6.07 Å². The Kier molecular flexibility index (Phi) is 3.60. The number of rotatable bonds is 3. The monoisotopic (exact) mass is 363 g/mol. The second-order valence-corrected chi connectivity index (χ2v) is 6.73. The third-order valence-electron chi connectivity index (χ3n) is 2.84. The van der Waals surface area contributed by atoms with Gasteiger partial charge >= 0.3 is 0 Å². The standard InChI is InChI=1S/C14H10BrN3O2S/c15-12-7-2-8-13(17-12)21(19,20)18-11-6-1-4-10-5-3-9-16-14(10)11/h1-9,18H. The number of aromatic nitrogens is 2. The van der Waals surface area contributed by atoms with Gasteiger partial charge in [-0.15, -0.1) is 0 Å². The molecule has 0 aliphatic heterocycles. The normalized spacial score (nSPS) is 11.5. The Bertz CT molecular complexity index is 907. The van der Waals surface area contributed by atoms with Crippen LogP contribution >= 0.6 is 15.9 Å². The number of pyridine rings is 2. The number of anilines is 1. The van der Waals surface area contributed by atoms with E-state index in [1.807, 2.05) is 12.1 Å². The summed E-state index contributed by atoms with van der Waals surface area (Å²) in [7, 11) is -3.76. The van der Waals surface area contributed by atoms with Gasteiger partial charge in [0.05, 0.1) is 11.2 Å². The minimum atomic E-state index is -3.76. The molecule has 5 nitrogen and oxygen atoms in total. The van der Waals surface area contributed by atoms with Gasteiger partial charge in [0, 0.05) is 11.6 Å². The van der Waals surface area contributed by atoms with Gasteiger partial charge in [-0.1, -0.05) is 24.3 Å². The molecular formula is C14H10BrN3O2S. The molecule has 0 unspecified atom stereocenters. The summed E-state index contributed by atoms with van der Waals surface area (Å²) in [4.78, 5) is 8.19. The Hall–Kier alpha value is -1.99. The number of nitrogens with one attached hydrogen (secondary N) is 1. The average molecular weight is 364 g/mol. The highest BCUT2D eigenvalue weighted by Crippen LogP contribution is 2.23. The van der Waals surface area contributed by atoms with Gasteiger partial charge in [-0.2, -0.15) is 8.42 Å². The average Bonchev–Trinajstić information content (AvgIpc) is 2.47. The van der Waals surface area contributed by atoms with Gasteiger partial charge in [0.15, 0.2) is 5.03 Å². The van der Waals surface area contributed by atoms with E-state index in [2.05, 4.69) is 30.6 Å². The molecule has 0 bridgehead atoms. The zero-order chi connectivity index (χ0) is 14.9. The second-order valence-electron chi connectivity index (χ2n) is 4.28. The molecule has 106 valence electrons. The largest absolute Gasteiger partial charge is 0.279 e. The molecule has 0 amide bonds. The molecule has 0 radical (unpaired) electrons. The van der Waals surface area contributed by atoms with Gasteiger partial charge in [0.1, 0.15) is 4.60 Å². The SMILES string of the molecule is O=S(=O)(Nc1cccc2cccnc12)c1cccc(Br)n1. The quantitative estimate of drug-likeness (QED) is 0.725. The Labute approximate surface area is 130 Å². The van der Waals surface area contributed by atoms with E-state index in [1.54, 1.807) is 36.5 Å². The molecular weight excluding hydrogens is 354 g/mol. The van der Waals surface area contributed by atoms with E-state index < -0.39 is 10.0 Å². The zero-order valence-electron chi connectivity index (χ0n) is 10.7. The van der Waals surface area contributed by atoms with Crippen LogP contribution in [0, 0.1) is 0 Å². The topological polar surface area (TPSA) is 72.0 Å². The van der Waals surface area contributed by atoms with Crippen molar-refractivity contribution in [3.63, 3.8) is 0 Å². The van der Waals surface area contributed by atoms with Crippen molar-refractivity contribution < 1.29 is 8.42 Å². The van der Waals surface area contributed by atoms with Crippen molar-refractivity contribution in [2.24, 2.45) is 0 Å². The van der Waals surface area contributed by atoms with Crippen LogP contribution < -0.4 is 4.72 Å². The molecule has 0 saturated heterocycles. The van der Waals surface area contributed by atoms with Crippen LogP contribution in [-0.4, -0.2) is 18.4 Å². The second kappa shape index (κ2) is 5.42. The first-order valence-electron chi connectivity index (χ1n) is 6.05. The Morgan fingerprint density at radius 1 is 1.00 bits per heavy atom. The number of nitrogens with zero attached hydrogens (tertiary/aromatic N) is 2.